The van der Waals surface area contributed by atoms with Gasteiger partial charge in [-0.15, -0.1) is 0 Å². The smallest absolute Gasteiger partial charge is 0.271 e. The van der Waals surface area contributed by atoms with E-state index in [1.807, 2.05) is 24.3 Å². The summed E-state index contributed by atoms with van der Waals surface area (Å²) in [5.74, 6) is 0.158. The Morgan fingerprint density at radius 1 is 1.10 bits per heavy atom. The number of benzene rings is 3. The van der Waals surface area contributed by atoms with Gasteiger partial charge < -0.3 is 4.74 Å². The van der Waals surface area contributed by atoms with E-state index >= 15 is 0 Å². The number of rotatable bonds is 7. The van der Waals surface area contributed by atoms with Crippen molar-refractivity contribution in [2.75, 3.05) is 0 Å². The summed E-state index contributed by atoms with van der Waals surface area (Å²) in [6.07, 6.45) is 1.47. The molecule has 0 aliphatic heterocycles. The SMILES string of the molecule is O=C(NN=Cc1ccc(OCc2ccc(Cl)cc2)cc1)c1cccc([N+](=O)[O-])c1. The Hall–Kier alpha value is -3.71. The third-order valence-corrected chi connectivity index (χ3v) is 4.15. The van der Waals surface area contributed by atoms with Gasteiger partial charge in [-0.05, 0) is 53.6 Å². The predicted octanol–water partition coefficient (Wildman–Crippen LogP) is 4.59. The van der Waals surface area contributed by atoms with Crippen LogP contribution >= 0.6 is 11.6 Å². The van der Waals surface area contributed by atoms with Gasteiger partial charge in [-0.25, -0.2) is 5.43 Å². The predicted molar refractivity (Wildman–Crippen MR) is 110 cm³/mol. The monoisotopic (exact) mass is 409 g/mol. The van der Waals surface area contributed by atoms with Crippen LogP contribution < -0.4 is 10.2 Å². The number of hydrogen-bond donors (Lipinski definition) is 1. The van der Waals surface area contributed by atoms with E-state index in [9.17, 15) is 14.9 Å². The summed E-state index contributed by atoms with van der Waals surface area (Å²) in [7, 11) is 0. The quantitative estimate of drug-likeness (QED) is 0.351. The zero-order valence-electron chi connectivity index (χ0n) is 15.1. The maximum atomic E-state index is 12.0. The van der Waals surface area contributed by atoms with E-state index in [1.165, 1.54) is 30.5 Å². The third kappa shape index (κ3) is 5.88. The first-order valence-corrected chi connectivity index (χ1v) is 8.94. The third-order valence-electron chi connectivity index (χ3n) is 3.90. The largest absolute Gasteiger partial charge is 0.489 e. The van der Waals surface area contributed by atoms with Crippen molar-refractivity contribution in [2.24, 2.45) is 5.10 Å². The van der Waals surface area contributed by atoms with Gasteiger partial charge in [0.25, 0.3) is 11.6 Å². The maximum Gasteiger partial charge on any atom is 0.271 e. The molecule has 0 atom stereocenters. The number of nitrogens with zero attached hydrogens (tertiary/aromatic N) is 2. The van der Waals surface area contributed by atoms with Crippen molar-refractivity contribution in [2.45, 2.75) is 6.61 Å². The summed E-state index contributed by atoms with van der Waals surface area (Å²) in [5, 5.41) is 15.3. The molecule has 1 N–H and O–H groups in total. The lowest BCUT2D eigenvalue weighted by Crippen LogP contribution is -2.17. The van der Waals surface area contributed by atoms with Crippen molar-refractivity contribution >= 4 is 29.4 Å². The molecule has 0 aliphatic carbocycles. The Balaban J connectivity index is 1.53. The minimum Gasteiger partial charge on any atom is -0.489 e. The number of carbonyl (C=O) groups is 1. The lowest BCUT2D eigenvalue weighted by Gasteiger charge is -2.06. The normalized spacial score (nSPS) is 10.7. The highest BCUT2D eigenvalue weighted by Crippen LogP contribution is 2.15. The summed E-state index contributed by atoms with van der Waals surface area (Å²) in [5.41, 5.74) is 4.10. The highest BCUT2D eigenvalue weighted by atomic mass is 35.5. The van der Waals surface area contributed by atoms with Crippen molar-refractivity contribution in [1.29, 1.82) is 0 Å². The van der Waals surface area contributed by atoms with Crippen LogP contribution in [-0.2, 0) is 6.61 Å². The summed E-state index contributed by atoms with van der Waals surface area (Å²) in [4.78, 5) is 22.2. The zero-order valence-corrected chi connectivity index (χ0v) is 15.9. The summed E-state index contributed by atoms with van der Waals surface area (Å²) in [6.45, 7) is 0.421. The lowest BCUT2D eigenvalue weighted by molar-refractivity contribution is -0.384. The summed E-state index contributed by atoms with van der Waals surface area (Å²) in [6, 6.07) is 20.0. The van der Waals surface area contributed by atoms with Gasteiger partial charge >= 0.3 is 0 Å². The molecule has 0 fully saturated rings. The average Bonchev–Trinajstić information content (AvgIpc) is 2.74. The second-order valence-electron chi connectivity index (χ2n) is 5.99. The number of nitrogens with one attached hydrogen (secondary N) is 1. The Morgan fingerprint density at radius 2 is 1.83 bits per heavy atom. The van der Waals surface area contributed by atoms with E-state index in [0.717, 1.165) is 11.1 Å². The highest BCUT2D eigenvalue weighted by molar-refractivity contribution is 6.30. The summed E-state index contributed by atoms with van der Waals surface area (Å²) < 4.78 is 5.71. The van der Waals surface area contributed by atoms with E-state index in [2.05, 4.69) is 10.5 Å². The molecule has 29 heavy (non-hydrogen) atoms. The van der Waals surface area contributed by atoms with Gasteiger partial charge in [0.2, 0.25) is 0 Å². The van der Waals surface area contributed by atoms with Crippen LogP contribution in [0.3, 0.4) is 0 Å². The van der Waals surface area contributed by atoms with Crippen LogP contribution in [0.25, 0.3) is 0 Å². The van der Waals surface area contributed by atoms with Crippen LogP contribution in [0.2, 0.25) is 5.02 Å². The topological polar surface area (TPSA) is 93.8 Å². The number of nitro groups is 1. The molecule has 3 aromatic carbocycles. The van der Waals surface area contributed by atoms with Gasteiger partial charge in [0, 0.05) is 22.7 Å². The molecule has 1 amide bonds. The number of non-ortho nitro benzene ring substituents is 1. The number of carbonyl (C=O) groups excluding carboxylic acids is 1. The van der Waals surface area contributed by atoms with Crippen LogP contribution in [0, 0.1) is 10.1 Å². The van der Waals surface area contributed by atoms with Crippen LogP contribution in [0.1, 0.15) is 21.5 Å². The molecule has 3 rings (SSSR count). The zero-order chi connectivity index (χ0) is 20.6. The summed E-state index contributed by atoms with van der Waals surface area (Å²) >= 11 is 5.86. The number of hydrogen-bond acceptors (Lipinski definition) is 5. The van der Waals surface area contributed by atoms with Gasteiger partial charge in [0.1, 0.15) is 12.4 Å². The fourth-order valence-electron chi connectivity index (χ4n) is 2.39. The van der Waals surface area contributed by atoms with Gasteiger partial charge in [-0.1, -0.05) is 29.8 Å². The van der Waals surface area contributed by atoms with Crippen molar-refractivity contribution in [3.63, 3.8) is 0 Å². The van der Waals surface area contributed by atoms with Gasteiger partial charge in [0.05, 0.1) is 11.1 Å². The van der Waals surface area contributed by atoms with E-state index in [-0.39, 0.29) is 11.3 Å². The first kappa shape index (κ1) is 20.0. The Morgan fingerprint density at radius 3 is 2.52 bits per heavy atom. The van der Waals surface area contributed by atoms with E-state index < -0.39 is 10.8 Å². The Labute approximate surface area is 171 Å². The van der Waals surface area contributed by atoms with Crippen molar-refractivity contribution < 1.29 is 14.5 Å². The maximum absolute atomic E-state index is 12.0. The number of amides is 1. The average molecular weight is 410 g/mol. The van der Waals surface area contributed by atoms with E-state index in [0.29, 0.717) is 17.4 Å². The first-order valence-electron chi connectivity index (χ1n) is 8.56. The second-order valence-corrected chi connectivity index (χ2v) is 6.43. The second kappa shape index (κ2) is 9.48. The van der Waals surface area contributed by atoms with E-state index in [4.69, 9.17) is 16.3 Å². The first-order chi connectivity index (χ1) is 14.0. The Kier molecular flexibility index (Phi) is 6.55. The molecule has 3 aromatic rings. The molecule has 0 radical (unpaired) electrons. The van der Waals surface area contributed by atoms with Crippen molar-refractivity contribution in [3.8, 4) is 5.75 Å². The van der Waals surface area contributed by atoms with Gasteiger partial charge in [-0.3, -0.25) is 14.9 Å². The molecule has 7 nitrogen and oxygen atoms in total. The molecule has 8 heteroatoms. The highest BCUT2D eigenvalue weighted by Gasteiger charge is 2.10. The molecule has 0 spiro atoms. The molecular weight excluding hydrogens is 394 g/mol. The van der Waals surface area contributed by atoms with Crippen LogP contribution in [0.4, 0.5) is 5.69 Å². The molecule has 0 saturated carbocycles. The minimum atomic E-state index is -0.559. The number of ether oxygens (including phenoxy) is 1. The fraction of sp³-hybridized carbons (Fsp3) is 0.0476. The molecule has 146 valence electrons. The molecule has 0 bridgehead atoms. The van der Waals surface area contributed by atoms with Crippen molar-refractivity contribution in [1.82, 2.24) is 5.43 Å². The molecule has 0 saturated heterocycles. The standard InChI is InChI=1S/C21H16ClN3O4/c22-18-8-4-16(5-9-18)14-29-20-10-6-15(7-11-20)13-23-24-21(26)17-2-1-3-19(12-17)25(27)28/h1-13H,14H2,(H,24,26). The molecule has 0 heterocycles. The van der Waals surface area contributed by atoms with E-state index in [1.54, 1.807) is 24.3 Å². The molecular formula is C21H16ClN3O4. The minimum absolute atomic E-state index is 0.155. The number of halogens is 1. The molecule has 0 unspecified atom stereocenters. The van der Waals surface area contributed by atoms with Crippen LogP contribution in [-0.4, -0.2) is 17.0 Å². The van der Waals surface area contributed by atoms with Crippen LogP contribution in [0.5, 0.6) is 5.75 Å². The van der Waals surface area contributed by atoms with Crippen molar-refractivity contribution in [3.05, 3.63) is 105 Å². The number of nitro benzene ring substituents is 1. The lowest BCUT2D eigenvalue weighted by atomic mass is 10.2. The number of hydrazone groups is 1. The van der Waals surface area contributed by atoms with Crippen LogP contribution in [0.15, 0.2) is 77.9 Å². The molecule has 0 aromatic heterocycles. The molecule has 0 aliphatic rings. The van der Waals surface area contributed by atoms with Gasteiger partial charge in [0.15, 0.2) is 0 Å². The fourth-order valence-corrected chi connectivity index (χ4v) is 2.51. The van der Waals surface area contributed by atoms with Gasteiger partial charge in [-0.2, -0.15) is 5.10 Å². The Bertz CT molecular complexity index is 1030.